The van der Waals surface area contributed by atoms with Gasteiger partial charge in [-0.25, -0.2) is 13.2 Å². The van der Waals surface area contributed by atoms with E-state index in [1.807, 2.05) is 0 Å². The lowest BCUT2D eigenvalue weighted by atomic mass is 10.2. The van der Waals surface area contributed by atoms with Gasteiger partial charge < -0.3 is 19.3 Å². The average molecular weight is 318 g/mol. The summed E-state index contributed by atoms with van der Waals surface area (Å²) in [7, 11) is 0.278. The molecule has 118 valence electrons. The summed E-state index contributed by atoms with van der Waals surface area (Å²) in [5, 5.41) is 9.18. The van der Waals surface area contributed by atoms with E-state index >= 15 is 0 Å². The standard InChI is InChI=1S/C13H18O7S/c1-8(18-2)7-21(16,17)9-5-10(13(14)15)12(20-4)11(6-9)19-3/h5-6,8H,7H2,1-4H3,(H,14,15). The van der Waals surface area contributed by atoms with Crippen LogP contribution in [-0.2, 0) is 14.6 Å². The number of carboxylic acid groups (broad SMARTS) is 1. The summed E-state index contributed by atoms with van der Waals surface area (Å²) in [4.78, 5) is 11.1. The highest BCUT2D eigenvalue weighted by Gasteiger charge is 2.25. The van der Waals surface area contributed by atoms with Gasteiger partial charge in [0, 0.05) is 13.2 Å². The van der Waals surface area contributed by atoms with Gasteiger partial charge in [-0.1, -0.05) is 0 Å². The Hall–Kier alpha value is -1.80. The highest BCUT2D eigenvalue weighted by Crippen LogP contribution is 2.34. The smallest absolute Gasteiger partial charge is 0.339 e. The van der Waals surface area contributed by atoms with Crippen LogP contribution in [0.2, 0.25) is 0 Å². The maximum Gasteiger partial charge on any atom is 0.339 e. The maximum absolute atomic E-state index is 12.3. The number of hydrogen-bond donors (Lipinski definition) is 1. The molecule has 1 unspecified atom stereocenters. The van der Waals surface area contributed by atoms with E-state index in [1.54, 1.807) is 6.92 Å². The Morgan fingerprint density at radius 2 is 1.86 bits per heavy atom. The monoisotopic (exact) mass is 318 g/mol. The molecule has 1 N–H and O–H groups in total. The third-order valence-electron chi connectivity index (χ3n) is 2.90. The van der Waals surface area contributed by atoms with Crippen LogP contribution in [0.3, 0.4) is 0 Å². The van der Waals surface area contributed by atoms with Crippen molar-refractivity contribution in [3.05, 3.63) is 17.7 Å². The topological polar surface area (TPSA) is 99.1 Å². The molecule has 0 aliphatic heterocycles. The minimum Gasteiger partial charge on any atom is -0.493 e. The molecule has 0 radical (unpaired) electrons. The largest absolute Gasteiger partial charge is 0.493 e. The predicted molar refractivity (Wildman–Crippen MR) is 75.0 cm³/mol. The van der Waals surface area contributed by atoms with Crippen molar-refractivity contribution in [1.29, 1.82) is 0 Å². The maximum atomic E-state index is 12.3. The molecule has 0 saturated heterocycles. The molecule has 0 saturated carbocycles. The Labute approximate surface area is 123 Å². The van der Waals surface area contributed by atoms with Crippen LogP contribution in [0.4, 0.5) is 0 Å². The van der Waals surface area contributed by atoms with Crippen molar-refractivity contribution in [2.45, 2.75) is 17.9 Å². The molecule has 0 aromatic heterocycles. The summed E-state index contributed by atoms with van der Waals surface area (Å²) < 4.78 is 39.5. The highest BCUT2D eigenvalue weighted by molar-refractivity contribution is 7.91. The van der Waals surface area contributed by atoms with Gasteiger partial charge in [0.2, 0.25) is 0 Å². The van der Waals surface area contributed by atoms with Crippen molar-refractivity contribution < 1.29 is 32.5 Å². The molecular formula is C13H18O7S. The van der Waals surface area contributed by atoms with Crippen LogP contribution < -0.4 is 9.47 Å². The first-order chi connectivity index (χ1) is 9.76. The second-order valence-corrected chi connectivity index (χ2v) is 6.37. The van der Waals surface area contributed by atoms with Gasteiger partial charge in [0.1, 0.15) is 5.56 Å². The van der Waals surface area contributed by atoms with E-state index < -0.39 is 21.9 Å². The van der Waals surface area contributed by atoms with Crippen molar-refractivity contribution in [3.63, 3.8) is 0 Å². The average Bonchev–Trinajstić information content (AvgIpc) is 2.44. The summed E-state index contributed by atoms with van der Waals surface area (Å²) in [5.41, 5.74) is -0.277. The second kappa shape index (κ2) is 6.77. The van der Waals surface area contributed by atoms with Crippen molar-refractivity contribution >= 4 is 15.8 Å². The molecule has 0 fully saturated rings. The van der Waals surface area contributed by atoms with E-state index in [0.717, 1.165) is 6.07 Å². The van der Waals surface area contributed by atoms with Gasteiger partial charge in [-0.05, 0) is 13.0 Å². The summed E-state index contributed by atoms with van der Waals surface area (Å²) in [5.74, 6) is -1.55. The minimum absolute atomic E-state index is 0.0243. The first-order valence-electron chi connectivity index (χ1n) is 6.01. The summed E-state index contributed by atoms with van der Waals surface area (Å²) >= 11 is 0. The number of aromatic carboxylic acids is 1. The third-order valence-corrected chi connectivity index (χ3v) is 4.76. The van der Waals surface area contributed by atoms with E-state index in [2.05, 4.69) is 0 Å². The molecule has 1 aromatic carbocycles. The zero-order chi connectivity index (χ0) is 16.2. The minimum atomic E-state index is -3.71. The van der Waals surface area contributed by atoms with Crippen molar-refractivity contribution in [1.82, 2.24) is 0 Å². The van der Waals surface area contributed by atoms with E-state index in [9.17, 15) is 18.3 Å². The van der Waals surface area contributed by atoms with E-state index in [-0.39, 0.29) is 27.7 Å². The Bertz CT molecular complexity index is 622. The van der Waals surface area contributed by atoms with Gasteiger partial charge in [-0.3, -0.25) is 0 Å². The molecule has 0 amide bonds. The number of sulfone groups is 1. The zero-order valence-corrected chi connectivity index (χ0v) is 13.1. The lowest BCUT2D eigenvalue weighted by molar-refractivity contribution is 0.0692. The molecule has 8 heteroatoms. The van der Waals surface area contributed by atoms with Crippen LogP contribution in [0, 0.1) is 0 Å². The van der Waals surface area contributed by atoms with Gasteiger partial charge in [0.25, 0.3) is 0 Å². The number of carboxylic acids is 1. The Balaban J connectivity index is 3.45. The number of carbonyl (C=O) groups is 1. The molecule has 0 aliphatic rings. The van der Waals surface area contributed by atoms with Crippen LogP contribution in [0.25, 0.3) is 0 Å². The molecule has 1 rings (SSSR count). The lowest BCUT2D eigenvalue weighted by Gasteiger charge is -2.14. The molecule has 1 aromatic rings. The number of benzene rings is 1. The molecule has 0 aliphatic carbocycles. The van der Waals surface area contributed by atoms with Gasteiger partial charge in [-0.2, -0.15) is 0 Å². The Morgan fingerprint density at radius 1 is 1.24 bits per heavy atom. The summed E-state index contributed by atoms with van der Waals surface area (Å²) in [6.07, 6.45) is -0.517. The molecule has 21 heavy (non-hydrogen) atoms. The van der Waals surface area contributed by atoms with E-state index in [4.69, 9.17) is 14.2 Å². The van der Waals surface area contributed by atoms with Gasteiger partial charge in [0.05, 0.1) is 31.0 Å². The van der Waals surface area contributed by atoms with Gasteiger partial charge in [-0.15, -0.1) is 0 Å². The lowest BCUT2D eigenvalue weighted by Crippen LogP contribution is -2.20. The summed E-state index contributed by atoms with van der Waals surface area (Å²) in [6.45, 7) is 1.61. The first kappa shape index (κ1) is 17.3. The number of methoxy groups -OCH3 is 3. The fourth-order valence-corrected chi connectivity index (χ4v) is 3.28. The fraction of sp³-hybridized carbons (Fsp3) is 0.462. The van der Waals surface area contributed by atoms with Crippen molar-refractivity contribution in [2.75, 3.05) is 27.1 Å². The van der Waals surface area contributed by atoms with Crippen molar-refractivity contribution in [3.8, 4) is 11.5 Å². The van der Waals surface area contributed by atoms with E-state index in [1.165, 1.54) is 27.4 Å². The Morgan fingerprint density at radius 3 is 2.29 bits per heavy atom. The van der Waals surface area contributed by atoms with Crippen LogP contribution in [0.1, 0.15) is 17.3 Å². The third kappa shape index (κ3) is 3.85. The number of rotatable bonds is 7. The molecule has 0 heterocycles. The highest BCUT2D eigenvalue weighted by atomic mass is 32.2. The Kier molecular flexibility index (Phi) is 5.56. The van der Waals surface area contributed by atoms with Gasteiger partial charge >= 0.3 is 5.97 Å². The van der Waals surface area contributed by atoms with Crippen molar-refractivity contribution in [2.24, 2.45) is 0 Å². The normalized spacial score (nSPS) is 12.8. The molecular weight excluding hydrogens is 300 g/mol. The summed E-state index contributed by atoms with van der Waals surface area (Å²) in [6, 6.07) is 2.30. The van der Waals surface area contributed by atoms with E-state index in [0.29, 0.717) is 0 Å². The van der Waals surface area contributed by atoms with Crippen LogP contribution in [-0.4, -0.2) is 52.7 Å². The van der Waals surface area contributed by atoms with Gasteiger partial charge in [0.15, 0.2) is 21.3 Å². The first-order valence-corrected chi connectivity index (χ1v) is 7.67. The molecule has 1 atom stereocenters. The van der Waals surface area contributed by atoms with Crippen LogP contribution >= 0.6 is 0 Å². The van der Waals surface area contributed by atoms with Crippen LogP contribution in [0.15, 0.2) is 17.0 Å². The predicted octanol–water partition coefficient (Wildman–Crippen LogP) is 1.21. The SMILES string of the molecule is COc1cc(S(=O)(=O)CC(C)OC)cc(C(=O)O)c1OC. The second-order valence-electron chi connectivity index (χ2n) is 4.34. The fourth-order valence-electron chi connectivity index (χ4n) is 1.75. The quantitative estimate of drug-likeness (QED) is 0.806. The molecule has 0 bridgehead atoms. The number of ether oxygens (including phenoxy) is 3. The van der Waals surface area contributed by atoms with Crippen LogP contribution in [0.5, 0.6) is 11.5 Å². The zero-order valence-electron chi connectivity index (χ0n) is 12.2. The molecule has 0 spiro atoms. The molecule has 7 nitrogen and oxygen atoms in total. The number of hydrogen-bond acceptors (Lipinski definition) is 6.